The quantitative estimate of drug-likeness (QED) is 0.706. The van der Waals surface area contributed by atoms with Crippen molar-refractivity contribution in [3.05, 3.63) is 24.0 Å². The number of methoxy groups -OCH3 is 2. The zero-order chi connectivity index (χ0) is 17.9. The van der Waals surface area contributed by atoms with Crippen molar-refractivity contribution in [1.29, 1.82) is 0 Å². The van der Waals surface area contributed by atoms with E-state index in [4.69, 9.17) is 18.4 Å². The lowest BCUT2D eigenvalue weighted by Crippen LogP contribution is -2.10. The van der Waals surface area contributed by atoms with E-state index in [0.717, 1.165) is 11.6 Å². The molecule has 0 atom stereocenters. The molecule has 0 radical (unpaired) electrons. The molecule has 0 saturated carbocycles. The molecule has 0 N–H and O–H groups in total. The van der Waals surface area contributed by atoms with E-state index in [9.17, 15) is 8.42 Å². The second kappa shape index (κ2) is 7.23. The van der Waals surface area contributed by atoms with Crippen LogP contribution in [0.25, 0.3) is 10.8 Å². The number of rotatable bonds is 7. The third kappa shape index (κ3) is 3.88. The van der Waals surface area contributed by atoms with E-state index < -0.39 is 10.1 Å². The van der Waals surface area contributed by atoms with E-state index in [-0.39, 0.29) is 12.7 Å². The van der Waals surface area contributed by atoms with Crippen molar-refractivity contribution >= 4 is 20.9 Å². The molecule has 1 aromatic heterocycles. The van der Waals surface area contributed by atoms with Crippen LogP contribution in [-0.2, 0) is 20.9 Å². The Hall–Kier alpha value is -2.06. The molecule has 1 heterocycles. The van der Waals surface area contributed by atoms with Gasteiger partial charge >= 0.3 is 0 Å². The number of nitrogens with zero attached hydrogens (tertiary/aromatic N) is 1. The van der Waals surface area contributed by atoms with Crippen LogP contribution in [0.2, 0.25) is 0 Å². The largest absolute Gasteiger partial charge is 0.492 e. The van der Waals surface area contributed by atoms with Crippen molar-refractivity contribution in [2.24, 2.45) is 0 Å². The van der Waals surface area contributed by atoms with Gasteiger partial charge in [0, 0.05) is 28.7 Å². The van der Waals surface area contributed by atoms with Crippen molar-refractivity contribution in [2.45, 2.75) is 26.6 Å². The predicted molar refractivity (Wildman–Crippen MR) is 90.2 cm³/mol. The minimum Gasteiger partial charge on any atom is -0.492 e. The summed E-state index contributed by atoms with van der Waals surface area (Å²) in [5.74, 6) is 1.26. The third-order valence-corrected chi connectivity index (χ3v) is 3.80. The average Bonchev–Trinajstić information content (AvgIpc) is 2.51. The summed E-state index contributed by atoms with van der Waals surface area (Å²) in [5, 5.41) is 1.41. The highest BCUT2D eigenvalue weighted by molar-refractivity contribution is 7.85. The minimum atomic E-state index is -3.61. The highest BCUT2D eigenvalue weighted by Gasteiger charge is 2.24. The maximum Gasteiger partial charge on any atom is 0.264 e. The first kappa shape index (κ1) is 18.3. The van der Waals surface area contributed by atoms with Gasteiger partial charge in [-0.15, -0.1) is 0 Å². The van der Waals surface area contributed by atoms with Crippen molar-refractivity contribution in [1.82, 2.24) is 4.98 Å². The molecule has 0 saturated heterocycles. The van der Waals surface area contributed by atoms with Gasteiger partial charge in [0.15, 0.2) is 11.5 Å². The molecule has 2 rings (SSSR count). The number of hydrogen-bond acceptors (Lipinski definition) is 7. The summed E-state index contributed by atoms with van der Waals surface area (Å²) < 4.78 is 44.5. The Labute approximate surface area is 141 Å². The number of hydrogen-bond donors (Lipinski definition) is 0. The zero-order valence-corrected chi connectivity index (χ0v) is 15.1. The van der Waals surface area contributed by atoms with Crippen LogP contribution >= 0.6 is 0 Å². The molecule has 24 heavy (non-hydrogen) atoms. The molecular weight excluding hydrogens is 334 g/mol. The number of aromatic nitrogens is 1. The molecule has 7 nitrogen and oxygen atoms in total. The molecule has 0 aliphatic heterocycles. The van der Waals surface area contributed by atoms with Gasteiger partial charge in [-0.2, -0.15) is 8.42 Å². The Morgan fingerprint density at radius 3 is 2.29 bits per heavy atom. The maximum atomic E-state index is 11.4. The van der Waals surface area contributed by atoms with Crippen LogP contribution in [0.15, 0.2) is 18.5 Å². The van der Waals surface area contributed by atoms with Crippen LogP contribution in [0.4, 0.5) is 0 Å². The number of benzene rings is 1. The van der Waals surface area contributed by atoms with Gasteiger partial charge in [-0.05, 0) is 19.9 Å². The van der Waals surface area contributed by atoms with Crippen molar-refractivity contribution in [3.8, 4) is 17.2 Å². The summed E-state index contributed by atoms with van der Waals surface area (Å²) >= 11 is 0. The number of fused-ring (bicyclic) bond motifs is 1. The van der Waals surface area contributed by atoms with E-state index in [1.165, 1.54) is 14.2 Å². The molecule has 0 amide bonds. The van der Waals surface area contributed by atoms with Gasteiger partial charge in [-0.25, -0.2) is 0 Å². The summed E-state index contributed by atoms with van der Waals surface area (Å²) in [6.07, 6.45) is 4.15. The Bertz CT molecular complexity index is 832. The molecule has 0 bridgehead atoms. The van der Waals surface area contributed by atoms with Crippen LogP contribution in [0.5, 0.6) is 17.2 Å². The van der Waals surface area contributed by atoms with Crippen molar-refractivity contribution < 1.29 is 26.8 Å². The minimum absolute atomic E-state index is 0.0851. The molecular formula is C16H21NO6S. The topological polar surface area (TPSA) is 83.9 Å². The lowest BCUT2D eigenvalue weighted by molar-refractivity contribution is 0.228. The monoisotopic (exact) mass is 355 g/mol. The van der Waals surface area contributed by atoms with E-state index >= 15 is 0 Å². The maximum absolute atomic E-state index is 11.4. The molecule has 1 aromatic carbocycles. The first-order chi connectivity index (χ1) is 11.3. The average molecular weight is 355 g/mol. The molecule has 0 aliphatic rings. The first-order valence-electron chi connectivity index (χ1n) is 7.30. The second-order valence-corrected chi connectivity index (χ2v) is 7.07. The third-order valence-electron chi connectivity index (χ3n) is 3.26. The van der Waals surface area contributed by atoms with E-state index in [1.54, 1.807) is 18.5 Å². The second-order valence-electron chi connectivity index (χ2n) is 5.43. The van der Waals surface area contributed by atoms with E-state index in [1.807, 2.05) is 13.8 Å². The van der Waals surface area contributed by atoms with Gasteiger partial charge in [-0.3, -0.25) is 9.17 Å². The fourth-order valence-corrected chi connectivity index (χ4v) is 2.71. The van der Waals surface area contributed by atoms with Gasteiger partial charge in [0.25, 0.3) is 10.1 Å². The normalized spacial score (nSPS) is 11.8. The lowest BCUT2D eigenvalue weighted by Gasteiger charge is -2.21. The highest BCUT2D eigenvalue weighted by Crippen LogP contribution is 2.47. The summed E-state index contributed by atoms with van der Waals surface area (Å²) in [7, 11) is -0.638. The van der Waals surface area contributed by atoms with Crippen LogP contribution in [0.1, 0.15) is 19.4 Å². The van der Waals surface area contributed by atoms with Gasteiger partial charge < -0.3 is 14.2 Å². The van der Waals surface area contributed by atoms with Crippen LogP contribution in [-0.4, -0.2) is 40.0 Å². The van der Waals surface area contributed by atoms with Crippen LogP contribution in [0, 0.1) is 0 Å². The smallest absolute Gasteiger partial charge is 0.264 e. The Balaban J connectivity index is 2.76. The Kier molecular flexibility index (Phi) is 5.51. The molecule has 0 unspecified atom stereocenters. The van der Waals surface area contributed by atoms with Gasteiger partial charge in [0.1, 0.15) is 0 Å². The number of pyridine rings is 1. The van der Waals surface area contributed by atoms with Crippen LogP contribution in [0.3, 0.4) is 0 Å². The SMILES string of the molecule is COc1c(OC)c(OC(C)C)c2ccncc2c1COS(C)(=O)=O. The summed E-state index contributed by atoms with van der Waals surface area (Å²) in [4.78, 5) is 4.11. The molecule has 132 valence electrons. The molecule has 8 heteroatoms. The summed E-state index contributed by atoms with van der Waals surface area (Å²) in [6.45, 7) is 3.61. The fourth-order valence-electron chi connectivity index (χ4n) is 2.38. The predicted octanol–water partition coefficient (Wildman–Crippen LogP) is 2.52. The fraction of sp³-hybridized carbons (Fsp3) is 0.438. The molecule has 2 aromatic rings. The van der Waals surface area contributed by atoms with Gasteiger partial charge in [0.05, 0.1) is 33.2 Å². The van der Waals surface area contributed by atoms with E-state index in [2.05, 4.69) is 4.98 Å². The van der Waals surface area contributed by atoms with Crippen molar-refractivity contribution in [3.63, 3.8) is 0 Å². The summed E-state index contributed by atoms with van der Waals surface area (Å²) in [6, 6.07) is 1.78. The lowest BCUT2D eigenvalue weighted by atomic mass is 10.0. The molecule has 0 spiro atoms. The Morgan fingerprint density at radius 1 is 1.08 bits per heavy atom. The first-order valence-corrected chi connectivity index (χ1v) is 9.11. The number of ether oxygens (including phenoxy) is 3. The van der Waals surface area contributed by atoms with Gasteiger partial charge in [0.2, 0.25) is 5.75 Å². The zero-order valence-electron chi connectivity index (χ0n) is 14.3. The van der Waals surface area contributed by atoms with Gasteiger partial charge in [-0.1, -0.05) is 0 Å². The Morgan fingerprint density at radius 2 is 1.75 bits per heavy atom. The highest BCUT2D eigenvalue weighted by atomic mass is 32.2. The standard InChI is InChI=1S/C16H21NO6S/c1-10(2)23-15-11-6-7-17-8-12(11)13(9-22-24(5,18)19)14(20-3)16(15)21-4/h6-8,10H,9H2,1-5H3. The van der Waals surface area contributed by atoms with Crippen LogP contribution < -0.4 is 14.2 Å². The van der Waals surface area contributed by atoms with E-state index in [0.29, 0.717) is 28.2 Å². The molecule has 0 aliphatic carbocycles. The molecule has 0 fully saturated rings. The van der Waals surface area contributed by atoms with Crippen molar-refractivity contribution in [2.75, 3.05) is 20.5 Å². The summed E-state index contributed by atoms with van der Waals surface area (Å²) in [5.41, 5.74) is 0.527.